The molecule has 0 saturated carbocycles. The van der Waals surface area contributed by atoms with E-state index >= 15 is 0 Å². The van der Waals surface area contributed by atoms with E-state index in [-0.39, 0.29) is 24.4 Å². The molecule has 1 aromatic carbocycles. The Morgan fingerprint density at radius 2 is 2.21 bits per heavy atom. The molecule has 1 aromatic rings. The summed E-state index contributed by atoms with van der Waals surface area (Å²) in [6.07, 6.45) is -0.113. The monoisotopic (exact) mass is 374 g/mol. The van der Waals surface area contributed by atoms with Gasteiger partial charge >= 0.3 is 5.97 Å². The van der Waals surface area contributed by atoms with Gasteiger partial charge in [-0.15, -0.1) is 0 Å². The van der Waals surface area contributed by atoms with E-state index in [1.54, 1.807) is 25.1 Å². The lowest BCUT2D eigenvalue weighted by Crippen LogP contribution is -2.51. The number of halogens is 2. The number of benzene rings is 1. The molecule has 1 aliphatic rings. The molecule has 0 spiro atoms. The number of morpholine rings is 1. The van der Waals surface area contributed by atoms with Crippen LogP contribution in [-0.2, 0) is 19.1 Å². The number of nitrogens with zero attached hydrogens (tertiary/aromatic N) is 1. The van der Waals surface area contributed by atoms with Gasteiger partial charge in [0.05, 0.1) is 48.0 Å². The van der Waals surface area contributed by atoms with Crippen LogP contribution in [0.3, 0.4) is 0 Å². The number of anilines is 1. The van der Waals surface area contributed by atoms with Crippen molar-refractivity contribution in [1.29, 1.82) is 0 Å². The van der Waals surface area contributed by atoms with Crippen molar-refractivity contribution in [2.45, 2.75) is 25.5 Å². The maximum atomic E-state index is 12.5. The van der Waals surface area contributed by atoms with E-state index < -0.39 is 6.04 Å². The predicted octanol–water partition coefficient (Wildman–Crippen LogP) is 2.58. The largest absolute Gasteiger partial charge is 0.469 e. The summed E-state index contributed by atoms with van der Waals surface area (Å²) in [6, 6.07) is 4.67. The van der Waals surface area contributed by atoms with Crippen molar-refractivity contribution in [3.63, 3.8) is 0 Å². The normalized spacial score (nSPS) is 19.6. The first-order valence-electron chi connectivity index (χ1n) is 7.59. The molecule has 1 heterocycles. The van der Waals surface area contributed by atoms with Crippen LogP contribution in [0.2, 0.25) is 10.0 Å². The Labute approximate surface area is 151 Å². The third-order valence-corrected chi connectivity index (χ3v) is 4.75. The first-order valence-corrected chi connectivity index (χ1v) is 8.35. The molecular formula is C16H20Cl2N2O4. The first kappa shape index (κ1) is 19.0. The predicted molar refractivity (Wildman–Crippen MR) is 92.5 cm³/mol. The third-order valence-electron chi connectivity index (χ3n) is 3.93. The van der Waals surface area contributed by atoms with Gasteiger partial charge in [0, 0.05) is 13.1 Å². The highest BCUT2D eigenvalue weighted by molar-refractivity contribution is 6.44. The molecule has 8 heteroatoms. The zero-order valence-electron chi connectivity index (χ0n) is 13.6. The number of carbonyl (C=O) groups is 2. The van der Waals surface area contributed by atoms with Crippen LogP contribution in [0.5, 0.6) is 0 Å². The van der Waals surface area contributed by atoms with E-state index in [2.05, 4.69) is 10.1 Å². The Hall–Kier alpha value is -1.34. The molecular weight excluding hydrogens is 355 g/mol. The minimum absolute atomic E-state index is 0.168. The average Bonchev–Trinajstić information content (AvgIpc) is 2.58. The molecule has 1 N–H and O–H groups in total. The molecule has 2 atom stereocenters. The third kappa shape index (κ3) is 4.83. The second-order valence-corrected chi connectivity index (χ2v) is 6.32. The maximum Gasteiger partial charge on any atom is 0.308 e. The van der Waals surface area contributed by atoms with E-state index in [0.717, 1.165) is 0 Å². The lowest BCUT2D eigenvalue weighted by Gasteiger charge is -2.35. The molecule has 6 nitrogen and oxygen atoms in total. The fourth-order valence-electron chi connectivity index (χ4n) is 2.49. The van der Waals surface area contributed by atoms with Crippen molar-refractivity contribution >= 4 is 40.8 Å². The minimum atomic E-state index is -0.399. The maximum absolute atomic E-state index is 12.5. The fraction of sp³-hybridized carbons (Fsp3) is 0.500. The summed E-state index contributed by atoms with van der Waals surface area (Å²) in [7, 11) is 1.34. The number of rotatable bonds is 5. The summed E-state index contributed by atoms with van der Waals surface area (Å²) in [5, 5.41) is 3.48. The van der Waals surface area contributed by atoms with Gasteiger partial charge in [-0.1, -0.05) is 29.3 Å². The lowest BCUT2D eigenvalue weighted by molar-refractivity contribution is -0.146. The van der Waals surface area contributed by atoms with Gasteiger partial charge in [0.15, 0.2) is 0 Å². The second-order valence-electron chi connectivity index (χ2n) is 5.53. The number of hydrogen-bond acceptors (Lipinski definition) is 5. The van der Waals surface area contributed by atoms with Crippen LogP contribution in [0.4, 0.5) is 5.69 Å². The zero-order valence-corrected chi connectivity index (χ0v) is 15.1. The van der Waals surface area contributed by atoms with Gasteiger partial charge in [-0.25, -0.2) is 0 Å². The van der Waals surface area contributed by atoms with Crippen LogP contribution in [0.25, 0.3) is 0 Å². The number of methoxy groups -OCH3 is 1. The van der Waals surface area contributed by atoms with Crippen LogP contribution in [0.1, 0.15) is 13.3 Å². The van der Waals surface area contributed by atoms with Crippen molar-refractivity contribution in [2.75, 3.05) is 32.1 Å². The smallest absolute Gasteiger partial charge is 0.308 e. The van der Waals surface area contributed by atoms with Crippen molar-refractivity contribution in [3.8, 4) is 0 Å². The number of ether oxygens (including phenoxy) is 2. The van der Waals surface area contributed by atoms with E-state index in [1.165, 1.54) is 7.11 Å². The van der Waals surface area contributed by atoms with Crippen LogP contribution < -0.4 is 5.32 Å². The van der Waals surface area contributed by atoms with E-state index in [1.807, 2.05) is 4.90 Å². The highest BCUT2D eigenvalue weighted by Crippen LogP contribution is 2.29. The second kappa shape index (κ2) is 8.67. The topological polar surface area (TPSA) is 67.9 Å². The van der Waals surface area contributed by atoms with Crippen molar-refractivity contribution < 1.29 is 19.1 Å². The summed E-state index contributed by atoms with van der Waals surface area (Å²) >= 11 is 12.0. The first-order chi connectivity index (χ1) is 11.4. The standard InChI is InChI=1S/C16H20Cl2N2O4/c1-10(16(22)19-13-5-3-4-12(17)15(13)18)20-6-7-24-11(9-20)8-14(21)23-2/h3-5,10-11H,6-9H2,1-2H3,(H,19,22). The number of carbonyl (C=O) groups excluding carboxylic acids is 2. The van der Waals surface area contributed by atoms with Crippen LogP contribution in [-0.4, -0.2) is 55.7 Å². The summed E-state index contributed by atoms with van der Waals surface area (Å²) in [5.41, 5.74) is 0.473. The van der Waals surface area contributed by atoms with Crippen LogP contribution in [0.15, 0.2) is 18.2 Å². The molecule has 24 heavy (non-hydrogen) atoms. The van der Waals surface area contributed by atoms with Crippen molar-refractivity contribution in [2.24, 2.45) is 0 Å². The summed E-state index contributed by atoms with van der Waals surface area (Å²) in [4.78, 5) is 25.8. The quantitative estimate of drug-likeness (QED) is 0.802. The average molecular weight is 375 g/mol. The molecule has 132 valence electrons. The molecule has 2 unspecified atom stereocenters. The van der Waals surface area contributed by atoms with Crippen LogP contribution in [0, 0.1) is 0 Å². The molecule has 1 saturated heterocycles. The Kier molecular flexibility index (Phi) is 6.86. The Morgan fingerprint density at radius 3 is 2.92 bits per heavy atom. The number of esters is 1. The number of hydrogen-bond donors (Lipinski definition) is 1. The van der Waals surface area contributed by atoms with Gasteiger partial charge in [0.2, 0.25) is 5.91 Å². The highest BCUT2D eigenvalue weighted by atomic mass is 35.5. The SMILES string of the molecule is COC(=O)CC1CN(C(C)C(=O)Nc2cccc(Cl)c2Cl)CCO1. The van der Waals surface area contributed by atoms with Crippen molar-refractivity contribution in [1.82, 2.24) is 4.90 Å². The molecule has 1 amide bonds. The zero-order chi connectivity index (χ0) is 17.7. The minimum Gasteiger partial charge on any atom is -0.469 e. The number of nitrogens with one attached hydrogen (secondary N) is 1. The number of amides is 1. The van der Waals surface area contributed by atoms with Crippen molar-refractivity contribution in [3.05, 3.63) is 28.2 Å². The van der Waals surface area contributed by atoms with Gasteiger partial charge in [-0.3, -0.25) is 14.5 Å². The molecule has 1 aliphatic heterocycles. The van der Waals surface area contributed by atoms with Crippen LogP contribution >= 0.6 is 23.2 Å². The summed E-state index contributed by atoms with van der Waals surface area (Å²) in [6.45, 7) is 3.34. The molecule has 0 aliphatic carbocycles. The Morgan fingerprint density at radius 1 is 1.46 bits per heavy atom. The summed E-state index contributed by atoms with van der Waals surface area (Å²) < 4.78 is 10.2. The fourth-order valence-corrected chi connectivity index (χ4v) is 2.84. The van der Waals surface area contributed by atoms with Gasteiger partial charge < -0.3 is 14.8 Å². The Bertz CT molecular complexity index is 612. The lowest BCUT2D eigenvalue weighted by atomic mass is 10.1. The van der Waals surface area contributed by atoms with E-state index in [4.69, 9.17) is 27.9 Å². The van der Waals surface area contributed by atoms with Gasteiger partial charge in [-0.05, 0) is 19.1 Å². The molecule has 0 bridgehead atoms. The Balaban J connectivity index is 1.97. The van der Waals surface area contributed by atoms with Gasteiger partial charge in [-0.2, -0.15) is 0 Å². The summed E-state index contributed by atoms with van der Waals surface area (Å²) in [5.74, 6) is -0.525. The highest BCUT2D eigenvalue weighted by Gasteiger charge is 2.29. The molecule has 1 fully saturated rings. The van der Waals surface area contributed by atoms with Gasteiger partial charge in [0.25, 0.3) is 0 Å². The van der Waals surface area contributed by atoms with E-state index in [0.29, 0.717) is 35.4 Å². The molecule has 0 aromatic heterocycles. The van der Waals surface area contributed by atoms with Gasteiger partial charge in [0.1, 0.15) is 0 Å². The van der Waals surface area contributed by atoms with E-state index in [9.17, 15) is 9.59 Å². The molecule has 0 radical (unpaired) electrons. The molecule has 2 rings (SSSR count).